The zero-order valence-corrected chi connectivity index (χ0v) is 11.8. The van der Waals surface area contributed by atoms with Crippen LogP contribution >= 0.6 is 11.3 Å². The fourth-order valence-corrected chi connectivity index (χ4v) is 3.06. The molecule has 0 spiro atoms. The van der Waals surface area contributed by atoms with Crippen LogP contribution in [0.1, 0.15) is 12.8 Å². The molecule has 1 amide bonds. The summed E-state index contributed by atoms with van der Waals surface area (Å²) >= 11 is 1.60. The van der Waals surface area contributed by atoms with Gasteiger partial charge < -0.3 is 9.47 Å². The van der Waals surface area contributed by atoms with Crippen molar-refractivity contribution in [1.29, 1.82) is 0 Å². The molecule has 6 heteroatoms. The summed E-state index contributed by atoms with van der Waals surface area (Å²) in [5.74, 6) is 1.12. The minimum absolute atomic E-state index is 0.0494. The van der Waals surface area contributed by atoms with E-state index in [0.29, 0.717) is 25.9 Å². The van der Waals surface area contributed by atoms with Gasteiger partial charge in [-0.3, -0.25) is 9.59 Å². The summed E-state index contributed by atoms with van der Waals surface area (Å²) in [6.45, 7) is 1.36. The summed E-state index contributed by atoms with van der Waals surface area (Å²) in [5, 5.41) is 1.99. The van der Waals surface area contributed by atoms with Gasteiger partial charge in [0.2, 0.25) is 5.91 Å². The van der Waals surface area contributed by atoms with Crippen molar-refractivity contribution < 1.29 is 9.59 Å². The summed E-state index contributed by atoms with van der Waals surface area (Å²) in [7, 11) is 0. The smallest absolute Gasteiger partial charge is 0.242 e. The van der Waals surface area contributed by atoms with E-state index in [0.717, 1.165) is 10.7 Å². The number of amides is 1. The SMILES string of the molecule is O=C1CCN(C(=O)Cn2ccnc2-c2cccs2)CC1. The predicted octanol–water partition coefficient (Wildman–Crippen LogP) is 1.80. The molecule has 0 unspecified atom stereocenters. The van der Waals surface area contributed by atoms with E-state index < -0.39 is 0 Å². The van der Waals surface area contributed by atoms with Gasteiger partial charge in [-0.25, -0.2) is 4.98 Å². The molecule has 2 aromatic rings. The minimum Gasteiger partial charge on any atom is -0.340 e. The van der Waals surface area contributed by atoms with Gasteiger partial charge in [-0.05, 0) is 11.4 Å². The number of nitrogens with zero attached hydrogens (tertiary/aromatic N) is 3. The number of likely N-dealkylation sites (tertiary alicyclic amines) is 1. The lowest BCUT2D eigenvalue weighted by molar-refractivity contribution is -0.135. The number of imidazole rings is 1. The number of ketones is 1. The third kappa shape index (κ3) is 2.65. The zero-order valence-electron chi connectivity index (χ0n) is 11.0. The number of hydrogen-bond donors (Lipinski definition) is 0. The van der Waals surface area contributed by atoms with Gasteiger partial charge in [-0.15, -0.1) is 11.3 Å². The van der Waals surface area contributed by atoms with Gasteiger partial charge in [0.05, 0.1) is 4.88 Å². The van der Waals surface area contributed by atoms with Gasteiger partial charge in [-0.1, -0.05) is 6.07 Å². The van der Waals surface area contributed by atoms with Crippen molar-refractivity contribution in [3.63, 3.8) is 0 Å². The molecule has 0 N–H and O–H groups in total. The third-order valence-corrected chi connectivity index (χ3v) is 4.30. The Labute approximate surface area is 120 Å². The van der Waals surface area contributed by atoms with E-state index in [9.17, 15) is 9.59 Å². The number of thiophene rings is 1. The highest BCUT2D eigenvalue weighted by atomic mass is 32.1. The quantitative estimate of drug-likeness (QED) is 0.866. The van der Waals surface area contributed by atoms with Gasteiger partial charge >= 0.3 is 0 Å². The van der Waals surface area contributed by atoms with Gasteiger partial charge in [0.1, 0.15) is 18.2 Å². The van der Waals surface area contributed by atoms with Crippen LogP contribution in [0, 0.1) is 0 Å². The molecule has 1 aliphatic heterocycles. The molecule has 5 nitrogen and oxygen atoms in total. The summed E-state index contributed by atoms with van der Waals surface area (Å²) < 4.78 is 1.87. The Balaban J connectivity index is 1.71. The second-order valence-corrected chi connectivity index (χ2v) is 5.72. The molecule has 0 atom stereocenters. The van der Waals surface area contributed by atoms with E-state index in [-0.39, 0.29) is 18.2 Å². The van der Waals surface area contributed by atoms with Gasteiger partial charge in [0.15, 0.2) is 0 Å². The summed E-state index contributed by atoms with van der Waals surface area (Å²) in [4.78, 5) is 30.6. The largest absolute Gasteiger partial charge is 0.340 e. The van der Waals surface area contributed by atoms with E-state index in [1.165, 1.54) is 0 Å². The van der Waals surface area contributed by atoms with Crippen LogP contribution in [0.15, 0.2) is 29.9 Å². The number of piperidine rings is 1. The van der Waals surface area contributed by atoms with Crippen molar-refractivity contribution in [3.8, 4) is 10.7 Å². The molecular weight excluding hydrogens is 274 g/mol. The molecule has 3 rings (SSSR count). The van der Waals surface area contributed by atoms with E-state index in [4.69, 9.17) is 0 Å². The Morgan fingerprint density at radius 3 is 2.85 bits per heavy atom. The van der Waals surface area contributed by atoms with E-state index >= 15 is 0 Å². The second-order valence-electron chi connectivity index (χ2n) is 4.78. The normalized spacial score (nSPS) is 15.6. The van der Waals surface area contributed by atoms with Crippen LogP contribution in [-0.2, 0) is 16.1 Å². The monoisotopic (exact) mass is 289 g/mol. The molecule has 1 fully saturated rings. The Morgan fingerprint density at radius 1 is 1.35 bits per heavy atom. The summed E-state index contributed by atoms with van der Waals surface area (Å²) in [6, 6.07) is 3.96. The first-order chi connectivity index (χ1) is 9.74. The number of rotatable bonds is 3. The van der Waals surface area contributed by atoms with E-state index in [1.807, 2.05) is 28.3 Å². The zero-order chi connectivity index (χ0) is 13.9. The molecule has 0 aliphatic carbocycles. The average molecular weight is 289 g/mol. The lowest BCUT2D eigenvalue weighted by Crippen LogP contribution is -2.40. The highest BCUT2D eigenvalue weighted by Gasteiger charge is 2.21. The Bertz CT molecular complexity index is 608. The Hall–Kier alpha value is -1.95. The molecule has 0 radical (unpaired) electrons. The van der Waals surface area contributed by atoms with Crippen LogP contribution in [0.25, 0.3) is 10.7 Å². The van der Waals surface area contributed by atoms with Crippen LogP contribution in [0.5, 0.6) is 0 Å². The maximum absolute atomic E-state index is 12.3. The van der Waals surface area contributed by atoms with Crippen LogP contribution in [-0.4, -0.2) is 39.2 Å². The van der Waals surface area contributed by atoms with Crippen molar-refractivity contribution >= 4 is 23.0 Å². The van der Waals surface area contributed by atoms with Crippen molar-refractivity contribution in [3.05, 3.63) is 29.9 Å². The van der Waals surface area contributed by atoms with Crippen LogP contribution < -0.4 is 0 Å². The fourth-order valence-electron chi connectivity index (χ4n) is 2.32. The van der Waals surface area contributed by atoms with Crippen LogP contribution in [0.2, 0.25) is 0 Å². The Morgan fingerprint density at radius 2 is 2.15 bits per heavy atom. The highest BCUT2D eigenvalue weighted by molar-refractivity contribution is 7.13. The number of hydrogen-bond acceptors (Lipinski definition) is 4. The van der Waals surface area contributed by atoms with E-state index in [1.54, 1.807) is 22.4 Å². The molecule has 0 bridgehead atoms. The minimum atomic E-state index is 0.0494. The van der Waals surface area contributed by atoms with E-state index in [2.05, 4.69) is 4.98 Å². The standard InChI is InChI=1S/C14H15N3O2S/c18-11-3-6-16(7-4-11)13(19)10-17-8-5-15-14(17)12-2-1-9-20-12/h1-2,5,8-9H,3-4,6-7,10H2. The average Bonchev–Trinajstić information content (AvgIpc) is 3.09. The topological polar surface area (TPSA) is 55.2 Å². The molecule has 2 aromatic heterocycles. The molecule has 0 aromatic carbocycles. The number of Topliss-reactive ketones (excluding diaryl/α,β-unsaturated/α-hetero) is 1. The summed E-state index contributed by atoms with van der Waals surface area (Å²) in [5.41, 5.74) is 0. The molecule has 3 heterocycles. The predicted molar refractivity (Wildman–Crippen MR) is 76.4 cm³/mol. The first kappa shape index (κ1) is 13.1. The van der Waals surface area contributed by atoms with Gasteiger partial charge in [0, 0.05) is 38.3 Å². The summed E-state index contributed by atoms with van der Waals surface area (Å²) in [6.07, 6.45) is 4.49. The Kier molecular flexibility index (Phi) is 3.64. The van der Waals surface area contributed by atoms with Crippen molar-refractivity contribution in [2.75, 3.05) is 13.1 Å². The number of carbonyl (C=O) groups is 2. The molecule has 104 valence electrons. The number of aromatic nitrogens is 2. The first-order valence-corrected chi connectivity index (χ1v) is 7.46. The molecule has 0 saturated carbocycles. The maximum Gasteiger partial charge on any atom is 0.242 e. The second kappa shape index (κ2) is 5.58. The fraction of sp³-hybridized carbons (Fsp3) is 0.357. The highest BCUT2D eigenvalue weighted by Crippen LogP contribution is 2.23. The number of carbonyl (C=O) groups excluding carboxylic acids is 2. The van der Waals surface area contributed by atoms with Crippen molar-refractivity contribution in [1.82, 2.24) is 14.5 Å². The maximum atomic E-state index is 12.3. The lowest BCUT2D eigenvalue weighted by atomic mass is 10.1. The van der Waals surface area contributed by atoms with Crippen molar-refractivity contribution in [2.45, 2.75) is 19.4 Å². The van der Waals surface area contributed by atoms with Crippen LogP contribution in [0.3, 0.4) is 0 Å². The van der Waals surface area contributed by atoms with Crippen LogP contribution in [0.4, 0.5) is 0 Å². The lowest BCUT2D eigenvalue weighted by Gasteiger charge is -2.26. The molecular formula is C14H15N3O2S. The van der Waals surface area contributed by atoms with Gasteiger partial charge in [0.25, 0.3) is 0 Å². The van der Waals surface area contributed by atoms with Gasteiger partial charge in [-0.2, -0.15) is 0 Å². The van der Waals surface area contributed by atoms with Crippen molar-refractivity contribution in [2.24, 2.45) is 0 Å². The molecule has 20 heavy (non-hydrogen) atoms. The molecule has 1 aliphatic rings. The molecule has 1 saturated heterocycles. The third-order valence-electron chi connectivity index (χ3n) is 3.44. The first-order valence-electron chi connectivity index (χ1n) is 6.58.